The lowest BCUT2D eigenvalue weighted by molar-refractivity contribution is -0.276. The van der Waals surface area contributed by atoms with Crippen LogP contribution in [0.15, 0.2) is 0 Å². The highest BCUT2D eigenvalue weighted by molar-refractivity contribution is 5.66. The van der Waals surface area contributed by atoms with Crippen LogP contribution in [0, 0.1) is 40.4 Å². The highest BCUT2D eigenvalue weighted by atomic mass is 16.6. The Morgan fingerprint density at radius 1 is 1.18 bits per heavy atom. The number of hydrogen-bond acceptors (Lipinski definition) is 7. The van der Waals surface area contributed by atoms with Crippen LogP contribution < -0.4 is 0 Å². The van der Waals surface area contributed by atoms with E-state index in [0.717, 1.165) is 38.8 Å². The number of ether oxygens (including phenoxy) is 4. The lowest BCUT2D eigenvalue weighted by Crippen LogP contribution is -2.76. The molecule has 6 fully saturated rings. The Bertz CT molecular complexity index is 838. The van der Waals surface area contributed by atoms with Gasteiger partial charge in [0.15, 0.2) is 0 Å². The lowest BCUT2D eigenvalue weighted by Gasteiger charge is -2.69. The number of likely N-dealkylation sites (tertiary alicyclic amines) is 1. The molecule has 6 rings (SSSR count). The summed E-state index contributed by atoms with van der Waals surface area (Å²) in [5.41, 5.74) is -0.707. The molecule has 0 aromatic heterocycles. The van der Waals surface area contributed by atoms with Crippen molar-refractivity contribution in [2.75, 3.05) is 34.4 Å². The number of nitrogens with zero attached hydrogens (tertiary/aromatic N) is 1. The van der Waals surface area contributed by atoms with Crippen LogP contribution >= 0.6 is 0 Å². The monoisotopic (exact) mass is 463 g/mol. The molecule has 5 aliphatic carbocycles. The van der Waals surface area contributed by atoms with E-state index < -0.39 is 11.7 Å². The smallest absolute Gasteiger partial charge is 0.302 e. The van der Waals surface area contributed by atoms with Crippen LogP contribution in [0.5, 0.6) is 0 Å². The van der Waals surface area contributed by atoms with Gasteiger partial charge in [0.25, 0.3) is 0 Å². The average Bonchev–Trinajstić information content (AvgIpc) is 3.17. The van der Waals surface area contributed by atoms with Crippen LogP contribution in [0.4, 0.5) is 0 Å². The summed E-state index contributed by atoms with van der Waals surface area (Å²) in [5.74, 6) is 0.364. The summed E-state index contributed by atoms with van der Waals surface area (Å²) >= 11 is 0. The Balaban J connectivity index is 1.65. The molecule has 7 bridgehead atoms. The molecule has 7 heteroatoms. The zero-order valence-corrected chi connectivity index (χ0v) is 21.0. The van der Waals surface area contributed by atoms with Crippen LogP contribution in [0.25, 0.3) is 0 Å². The van der Waals surface area contributed by atoms with Gasteiger partial charge >= 0.3 is 5.97 Å². The quantitative estimate of drug-likeness (QED) is 0.626. The molecule has 6 aliphatic rings. The van der Waals surface area contributed by atoms with E-state index in [0.29, 0.717) is 0 Å². The number of rotatable bonds is 5. The summed E-state index contributed by atoms with van der Waals surface area (Å²) in [4.78, 5) is 15.2. The van der Waals surface area contributed by atoms with Crippen molar-refractivity contribution < 1.29 is 28.8 Å². The molecule has 13 atom stereocenters. The molecule has 0 amide bonds. The second-order valence-electron chi connectivity index (χ2n) is 12.2. The SMILES string of the molecule is CCN1C[C@]2(C)CC[C@H](OC)C34[C@@H]5C[C@H]6[C@H](O)[C@@H]5[C@](OC)(C[C@@H]6OC)C([C@H](OC(C)=O)[C@@H]32)[C@@H]14. The third-order valence-electron chi connectivity index (χ3n) is 11.5. The zero-order chi connectivity index (χ0) is 23.5. The number of esters is 1. The number of piperidine rings is 1. The van der Waals surface area contributed by atoms with Crippen LogP contribution in [0.1, 0.15) is 46.5 Å². The predicted octanol–water partition coefficient (Wildman–Crippen LogP) is 2.10. The molecule has 0 aromatic rings. The number of fused-ring (bicyclic) bond motifs is 2. The first kappa shape index (κ1) is 22.7. The minimum atomic E-state index is -0.581. The third-order valence-corrected chi connectivity index (χ3v) is 11.5. The summed E-state index contributed by atoms with van der Waals surface area (Å²) in [6.45, 7) is 8.17. The molecule has 7 nitrogen and oxygen atoms in total. The standard InChI is InChI=1S/C26H41NO6/c1-7-27-12-24(3)9-8-17(31-5)26-15-10-14-16(30-4)11-25(32-6,18(15)20(14)29)19(23(26)27)21(22(24)26)33-13(2)28/h14-23,29H,7-12H2,1-6H3/t14-,15-,16+,17+,18-,19?,20+,21+,22-,23-,24+,25-,26?/m1/s1. The zero-order valence-electron chi connectivity index (χ0n) is 21.0. The van der Waals surface area contributed by atoms with E-state index in [1.165, 1.54) is 6.92 Å². The number of hydrogen-bond donors (Lipinski definition) is 1. The van der Waals surface area contributed by atoms with Gasteiger partial charge in [0.2, 0.25) is 0 Å². The highest BCUT2D eigenvalue weighted by Crippen LogP contribution is 2.79. The Kier molecular flexibility index (Phi) is 4.93. The molecule has 2 unspecified atom stereocenters. The van der Waals surface area contributed by atoms with Gasteiger partial charge in [0.05, 0.1) is 23.9 Å². The number of aliphatic hydroxyl groups excluding tert-OH is 1. The first-order chi connectivity index (χ1) is 15.7. The second kappa shape index (κ2) is 7.16. The number of carbonyl (C=O) groups is 1. The number of methoxy groups -OCH3 is 3. The summed E-state index contributed by atoms with van der Waals surface area (Å²) in [6, 6.07) is 0.206. The minimum Gasteiger partial charge on any atom is -0.462 e. The van der Waals surface area contributed by atoms with Gasteiger partial charge < -0.3 is 24.1 Å². The van der Waals surface area contributed by atoms with Gasteiger partial charge in [-0.25, -0.2) is 0 Å². The Hall–Kier alpha value is -0.730. The van der Waals surface area contributed by atoms with E-state index in [1.807, 2.05) is 7.11 Å². The van der Waals surface area contributed by atoms with Crippen molar-refractivity contribution in [1.29, 1.82) is 0 Å². The van der Waals surface area contributed by atoms with Crippen molar-refractivity contribution >= 4 is 5.97 Å². The fourth-order valence-corrected chi connectivity index (χ4v) is 11.1. The maximum Gasteiger partial charge on any atom is 0.302 e. The molecule has 1 aliphatic heterocycles. The Morgan fingerprint density at radius 2 is 1.94 bits per heavy atom. The molecule has 5 saturated carbocycles. The molecule has 1 N–H and O–H groups in total. The summed E-state index contributed by atoms with van der Waals surface area (Å²) in [6.07, 6.45) is 3.09. The van der Waals surface area contributed by atoms with E-state index in [9.17, 15) is 9.90 Å². The van der Waals surface area contributed by atoms with E-state index in [1.54, 1.807) is 14.2 Å². The molecule has 33 heavy (non-hydrogen) atoms. The summed E-state index contributed by atoms with van der Waals surface area (Å²) in [5, 5.41) is 11.7. The second-order valence-corrected chi connectivity index (χ2v) is 12.2. The first-order valence-corrected chi connectivity index (χ1v) is 12.9. The molecule has 1 saturated heterocycles. The van der Waals surface area contributed by atoms with Gasteiger partial charge in [-0.3, -0.25) is 9.69 Å². The van der Waals surface area contributed by atoms with Crippen molar-refractivity contribution in [3.05, 3.63) is 0 Å². The molecule has 0 aromatic carbocycles. The largest absolute Gasteiger partial charge is 0.462 e. The molecule has 1 heterocycles. The fraction of sp³-hybridized carbons (Fsp3) is 0.962. The molecular formula is C26H41NO6. The Labute approximate surface area is 197 Å². The fourth-order valence-electron chi connectivity index (χ4n) is 11.1. The maximum absolute atomic E-state index is 12.5. The normalized spacial score (nSPS) is 58.4. The van der Waals surface area contributed by atoms with Crippen molar-refractivity contribution in [3.63, 3.8) is 0 Å². The minimum absolute atomic E-state index is 0.0125. The lowest BCUT2D eigenvalue weighted by atomic mass is 9.43. The highest BCUT2D eigenvalue weighted by Gasteiger charge is 2.86. The number of carbonyl (C=O) groups excluding carboxylic acids is 1. The van der Waals surface area contributed by atoms with Crippen molar-refractivity contribution in [2.24, 2.45) is 40.4 Å². The van der Waals surface area contributed by atoms with Crippen LogP contribution in [-0.2, 0) is 23.7 Å². The van der Waals surface area contributed by atoms with Crippen molar-refractivity contribution in [1.82, 2.24) is 4.90 Å². The van der Waals surface area contributed by atoms with Gasteiger partial charge in [-0.05, 0) is 37.1 Å². The van der Waals surface area contributed by atoms with Crippen LogP contribution in [0.3, 0.4) is 0 Å². The van der Waals surface area contributed by atoms with E-state index in [4.69, 9.17) is 18.9 Å². The van der Waals surface area contributed by atoms with E-state index in [-0.39, 0.29) is 70.7 Å². The average molecular weight is 464 g/mol. The third kappa shape index (κ3) is 2.37. The summed E-state index contributed by atoms with van der Waals surface area (Å²) < 4.78 is 25.3. The van der Waals surface area contributed by atoms with Crippen LogP contribution in [-0.4, -0.2) is 86.5 Å². The van der Waals surface area contributed by atoms with Crippen molar-refractivity contribution in [2.45, 2.75) is 82.5 Å². The van der Waals surface area contributed by atoms with Gasteiger partial charge in [-0.2, -0.15) is 0 Å². The topological polar surface area (TPSA) is 77.5 Å². The van der Waals surface area contributed by atoms with E-state index in [2.05, 4.69) is 18.7 Å². The van der Waals surface area contributed by atoms with Gasteiger partial charge in [-0.15, -0.1) is 0 Å². The maximum atomic E-state index is 12.5. The molecule has 1 spiro atoms. The van der Waals surface area contributed by atoms with Crippen molar-refractivity contribution in [3.8, 4) is 0 Å². The summed E-state index contributed by atoms with van der Waals surface area (Å²) in [7, 11) is 5.42. The number of aliphatic hydroxyl groups is 1. The molecule has 186 valence electrons. The van der Waals surface area contributed by atoms with Crippen LogP contribution in [0.2, 0.25) is 0 Å². The van der Waals surface area contributed by atoms with E-state index >= 15 is 0 Å². The van der Waals surface area contributed by atoms with Gasteiger partial charge in [-0.1, -0.05) is 13.8 Å². The van der Waals surface area contributed by atoms with Gasteiger partial charge in [0, 0.05) is 76.3 Å². The predicted molar refractivity (Wildman–Crippen MR) is 120 cm³/mol. The molecular weight excluding hydrogens is 422 g/mol. The molecule has 0 radical (unpaired) electrons. The Morgan fingerprint density at radius 3 is 2.55 bits per heavy atom. The first-order valence-electron chi connectivity index (χ1n) is 12.9. The van der Waals surface area contributed by atoms with Gasteiger partial charge in [0.1, 0.15) is 6.10 Å².